The van der Waals surface area contributed by atoms with Crippen molar-refractivity contribution in [3.05, 3.63) is 63.0 Å². The quantitative estimate of drug-likeness (QED) is 0.399. The summed E-state index contributed by atoms with van der Waals surface area (Å²) in [6.45, 7) is 2.83. The van der Waals surface area contributed by atoms with Gasteiger partial charge in [-0.25, -0.2) is 19.7 Å². The number of hydrogen-bond acceptors (Lipinski definition) is 9. The highest BCUT2D eigenvalue weighted by Gasteiger charge is 2.15. The number of carbonyl (C=O) groups is 2. The topological polar surface area (TPSA) is 114 Å². The summed E-state index contributed by atoms with van der Waals surface area (Å²) in [6.07, 6.45) is 1.71. The standard InChI is InChI=1S/C20H19ClN4O4S/c1-11-4-3-5-15(21)14(11)7-16(27)17-8-22-20(30-17)25-18-6-13(23-12(2)24-18)10-29-19(28)9-26/h3-6,8,26H,7,9-10H2,1-2H3,(H,22,23,24,25). The lowest BCUT2D eigenvalue weighted by Crippen LogP contribution is -2.10. The summed E-state index contributed by atoms with van der Waals surface area (Å²) < 4.78 is 4.87. The first-order chi connectivity index (χ1) is 14.4. The summed E-state index contributed by atoms with van der Waals surface area (Å²) in [7, 11) is 0. The number of nitrogens with one attached hydrogen (secondary N) is 1. The molecule has 0 aliphatic rings. The maximum Gasteiger partial charge on any atom is 0.332 e. The van der Waals surface area contributed by atoms with Crippen LogP contribution in [0.5, 0.6) is 0 Å². The van der Waals surface area contributed by atoms with Gasteiger partial charge in [-0.3, -0.25) is 4.79 Å². The second kappa shape index (κ2) is 9.75. The number of ketones is 1. The highest BCUT2D eigenvalue weighted by atomic mass is 35.5. The monoisotopic (exact) mass is 446 g/mol. The number of rotatable bonds is 8. The molecule has 3 rings (SSSR count). The van der Waals surface area contributed by atoms with Crippen molar-refractivity contribution in [3.8, 4) is 0 Å². The van der Waals surface area contributed by atoms with E-state index in [9.17, 15) is 9.59 Å². The van der Waals surface area contributed by atoms with Crippen LogP contribution in [0.3, 0.4) is 0 Å². The molecule has 0 spiro atoms. The van der Waals surface area contributed by atoms with Gasteiger partial charge in [0.15, 0.2) is 10.9 Å². The second-order valence-corrected chi connectivity index (χ2v) is 7.84. The largest absolute Gasteiger partial charge is 0.457 e. The van der Waals surface area contributed by atoms with Gasteiger partial charge in [0.2, 0.25) is 0 Å². The van der Waals surface area contributed by atoms with Crippen LogP contribution in [0.1, 0.15) is 32.3 Å². The van der Waals surface area contributed by atoms with Crippen molar-refractivity contribution < 1.29 is 19.4 Å². The van der Waals surface area contributed by atoms with Gasteiger partial charge in [0.1, 0.15) is 24.9 Å². The molecular formula is C20H19ClN4O4S. The molecule has 0 unspecified atom stereocenters. The molecule has 0 bridgehead atoms. The van der Waals surface area contributed by atoms with Crippen LogP contribution in [0.15, 0.2) is 30.5 Å². The summed E-state index contributed by atoms with van der Waals surface area (Å²) in [5, 5.41) is 12.8. The SMILES string of the molecule is Cc1nc(COC(=O)CO)cc(Nc2ncc(C(=O)Cc3c(C)cccc3Cl)s2)n1. The molecule has 30 heavy (non-hydrogen) atoms. The van der Waals surface area contributed by atoms with Crippen molar-refractivity contribution in [1.29, 1.82) is 0 Å². The molecule has 2 heterocycles. The van der Waals surface area contributed by atoms with Crippen LogP contribution in [0.4, 0.5) is 10.9 Å². The van der Waals surface area contributed by atoms with Gasteiger partial charge in [0, 0.05) is 17.5 Å². The predicted octanol–water partition coefficient (Wildman–Crippen LogP) is 3.41. The number of benzene rings is 1. The predicted molar refractivity (Wildman–Crippen MR) is 113 cm³/mol. The molecule has 1 aromatic carbocycles. The molecule has 3 aromatic rings. The van der Waals surface area contributed by atoms with Gasteiger partial charge < -0.3 is 15.2 Å². The van der Waals surface area contributed by atoms with Gasteiger partial charge in [0.05, 0.1) is 16.8 Å². The highest BCUT2D eigenvalue weighted by Crippen LogP contribution is 2.26. The van der Waals surface area contributed by atoms with E-state index in [0.29, 0.717) is 32.4 Å². The minimum atomic E-state index is -0.738. The van der Waals surface area contributed by atoms with Crippen molar-refractivity contribution >= 4 is 45.6 Å². The third-order valence-corrected chi connectivity index (χ3v) is 5.41. The normalized spacial score (nSPS) is 10.7. The number of thiazole rings is 1. The van der Waals surface area contributed by atoms with E-state index >= 15 is 0 Å². The Morgan fingerprint density at radius 1 is 1.27 bits per heavy atom. The fourth-order valence-corrected chi connectivity index (χ4v) is 3.73. The summed E-state index contributed by atoms with van der Waals surface area (Å²) in [6, 6.07) is 7.14. The number of ether oxygens (including phenoxy) is 1. The Hall–Kier alpha value is -2.88. The first-order valence-electron chi connectivity index (χ1n) is 8.96. The van der Waals surface area contributed by atoms with E-state index in [4.69, 9.17) is 21.4 Å². The number of aromatic nitrogens is 3. The molecule has 0 fully saturated rings. The maximum atomic E-state index is 12.7. The number of carbonyl (C=O) groups excluding carboxylic acids is 2. The number of halogens is 1. The lowest BCUT2D eigenvalue weighted by Gasteiger charge is -2.07. The van der Waals surface area contributed by atoms with Crippen LogP contribution in [0.25, 0.3) is 0 Å². The molecule has 156 valence electrons. The van der Waals surface area contributed by atoms with Crippen LogP contribution < -0.4 is 5.32 Å². The number of anilines is 2. The Morgan fingerprint density at radius 3 is 2.80 bits per heavy atom. The Kier molecular flexibility index (Phi) is 7.09. The fourth-order valence-electron chi connectivity index (χ4n) is 2.68. The number of nitrogens with zero attached hydrogens (tertiary/aromatic N) is 3. The lowest BCUT2D eigenvalue weighted by atomic mass is 10.0. The van der Waals surface area contributed by atoms with Crippen molar-refractivity contribution in [2.75, 3.05) is 11.9 Å². The number of aliphatic hydroxyl groups excluding tert-OH is 1. The van der Waals surface area contributed by atoms with Gasteiger partial charge >= 0.3 is 5.97 Å². The van der Waals surface area contributed by atoms with Crippen molar-refractivity contribution in [3.63, 3.8) is 0 Å². The van der Waals surface area contributed by atoms with Gasteiger partial charge in [-0.15, -0.1) is 0 Å². The molecule has 0 saturated carbocycles. The van der Waals surface area contributed by atoms with Crippen LogP contribution in [0.2, 0.25) is 5.02 Å². The number of aryl methyl sites for hydroxylation is 2. The van der Waals surface area contributed by atoms with Crippen LogP contribution >= 0.6 is 22.9 Å². The smallest absolute Gasteiger partial charge is 0.332 e. The first-order valence-corrected chi connectivity index (χ1v) is 10.2. The van der Waals surface area contributed by atoms with E-state index in [1.165, 1.54) is 17.5 Å². The zero-order valence-electron chi connectivity index (χ0n) is 16.3. The fraction of sp³-hybridized carbons (Fsp3) is 0.250. The van der Waals surface area contributed by atoms with Crippen LogP contribution in [0, 0.1) is 13.8 Å². The van der Waals surface area contributed by atoms with Gasteiger partial charge in [0.25, 0.3) is 0 Å². The van der Waals surface area contributed by atoms with Gasteiger partial charge in [-0.05, 0) is 31.0 Å². The molecular weight excluding hydrogens is 428 g/mol. The lowest BCUT2D eigenvalue weighted by molar-refractivity contribution is -0.148. The van der Waals surface area contributed by atoms with E-state index in [0.717, 1.165) is 11.1 Å². The Balaban J connectivity index is 1.70. The van der Waals surface area contributed by atoms with E-state index in [-0.39, 0.29) is 18.8 Å². The summed E-state index contributed by atoms with van der Waals surface area (Å²) in [4.78, 5) is 37.0. The van der Waals surface area contributed by atoms with Crippen molar-refractivity contribution in [2.24, 2.45) is 0 Å². The molecule has 0 saturated heterocycles. The van der Waals surface area contributed by atoms with E-state index in [1.807, 2.05) is 19.1 Å². The van der Waals surface area contributed by atoms with Crippen LogP contribution in [-0.2, 0) is 22.6 Å². The minimum absolute atomic E-state index is 0.0766. The van der Waals surface area contributed by atoms with Gasteiger partial charge in [-0.2, -0.15) is 0 Å². The second-order valence-electron chi connectivity index (χ2n) is 6.40. The van der Waals surface area contributed by atoms with Gasteiger partial charge in [-0.1, -0.05) is 35.1 Å². The van der Waals surface area contributed by atoms with Crippen LogP contribution in [-0.4, -0.2) is 38.4 Å². The number of hydrogen-bond donors (Lipinski definition) is 2. The number of Topliss-reactive ketones (excluding diaryl/α,β-unsaturated/α-hetero) is 1. The Labute approximate surface area is 181 Å². The highest BCUT2D eigenvalue weighted by molar-refractivity contribution is 7.17. The average molecular weight is 447 g/mol. The van der Waals surface area contributed by atoms with E-state index in [1.54, 1.807) is 19.1 Å². The third kappa shape index (κ3) is 5.59. The molecule has 0 atom stereocenters. The zero-order chi connectivity index (χ0) is 21.7. The Morgan fingerprint density at radius 2 is 2.07 bits per heavy atom. The molecule has 0 aliphatic heterocycles. The van der Waals surface area contributed by atoms with Crippen molar-refractivity contribution in [1.82, 2.24) is 15.0 Å². The number of esters is 1. The van der Waals surface area contributed by atoms with Crippen molar-refractivity contribution in [2.45, 2.75) is 26.9 Å². The molecule has 8 nitrogen and oxygen atoms in total. The zero-order valence-corrected chi connectivity index (χ0v) is 17.9. The molecule has 0 radical (unpaired) electrons. The van der Waals surface area contributed by atoms with E-state index in [2.05, 4.69) is 20.3 Å². The maximum absolute atomic E-state index is 12.7. The molecule has 0 aliphatic carbocycles. The Bertz CT molecular complexity index is 1070. The molecule has 0 amide bonds. The summed E-state index contributed by atoms with van der Waals surface area (Å²) in [5.74, 6) is 0.106. The van der Waals surface area contributed by atoms with E-state index < -0.39 is 12.6 Å². The number of aliphatic hydroxyl groups is 1. The molecule has 2 N–H and O–H groups in total. The summed E-state index contributed by atoms with van der Waals surface area (Å²) >= 11 is 7.43. The molecule has 2 aromatic heterocycles. The average Bonchev–Trinajstić information content (AvgIpc) is 3.17. The molecule has 10 heteroatoms. The minimum Gasteiger partial charge on any atom is -0.457 e. The summed E-state index contributed by atoms with van der Waals surface area (Å²) in [5.41, 5.74) is 2.24. The first kappa shape index (κ1) is 21.8. The third-order valence-electron chi connectivity index (χ3n) is 4.11.